The van der Waals surface area contributed by atoms with Crippen molar-refractivity contribution < 1.29 is 9.21 Å². The van der Waals surface area contributed by atoms with E-state index in [-0.39, 0.29) is 5.91 Å². The van der Waals surface area contributed by atoms with Crippen LogP contribution >= 0.6 is 27.7 Å². The van der Waals surface area contributed by atoms with Gasteiger partial charge in [0.15, 0.2) is 0 Å². The summed E-state index contributed by atoms with van der Waals surface area (Å²) in [6.45, 7) is 0. The Morgan fingerprint density at radius 2 is 1.93 bits per heavy atom. The first-order valence-corrected chi connectivity index (χ1v) is 11.4. The number of aromatic nitrogens is 3. The number of rotatable bonds is 6. The van der Waals surface area contributed by atoms with Crippen LogP contribution < -0.4 is 5.32 Å². The lowest BCUT2D eigenvalue weighted by Gasteiger charge is -2.09. The van der Waals surface area contributed by atoms with Crippen LogP contribution in [-0.4, -0.2) is 27.1 Å². The van der Waals surface area contributed by atoms with E-state index in [1.54, 1.807) is 0 Å². The molecule has 1 saturated carbocycles. The summed E-state index contributed by atoms with van der Waals surface area (Å²) in [5.41, 5.74) is 2.29. The number of nitrogens with zero attached hydrogens (tertiary/aromatic N) is 3. The van der Waals surface area contributed by atoms with Crippen LogP contribution in [0.5, 0.6) is 0 Å². The molecule has 4 aromatic rings. The molecule has 0 bridgehead atoms. The molecule has 150 valence electrons. The molecule has 5 rings (SSSR count). The fraction of sp³-hybridized carbons (Fsp3) is 0.182. The van der Waals surface area contributed by atoms with Gasteiger partial charge in [0.05, 0.1) is 27.4 Å². The number of thioether (sulfide) groups is 1. The minimum Gasteiger partial charge on any atom is -0.420 e. The third-order valence-electron chi connectivity index (χ3n) is 4.76. The first-order valence-electron chi connectivity index (χ1n) is 9.58. The molecule has 0 saturated heterocycles. The second-order valence-electron chi connectivity index (χ2n) is 7.04. The Labute approximate surface area is 185 Å². The molecule has 6 nitrogen and oxygen atoms in total. The van der Waals surface area contributed by atoms with Crippen LogP contribution in [0.3, 0.4) is 0 Å². The van der Waals surface area contributed by atoms with Crippen LogP contribution in [0.25, 0.3) is 22.4 Å². The minimum atomic E-state index is -0.0491. The third kappa shape index (κ3) is 4.11. The number of fused-ring (bicyclic) bond motifs is 1. The van der Waals surface area contributed by atoms with E-state index in [0.29, 0.717) is 29.1 Å². The highest BCUT2D eigenvalue weighted by atomic mass is 79.9. The van der Waals surface area contributed by atoms with Crippen LogP contribution in [0.15, 0.2) is 68.5 Å². The van der Waals surface area contributed by atoms with E-state index < -0.39 is 0 Å². The summed E-state index contributed by atoms with van der Waals surface area (Å²) in [6, 6.07) is 17.6. The van der Waals surface area contributed by atoms with Crippen molar-refractivity contribution in [2.45, 2.75) is 29.7 Å². The zero-order valence-electron chi connectivity index (χ0n) is 15.8. The van der Waals surface area contributed by atoms with Crippen LogP contribution in [0, 0.1) is 0 Å². The lowest BCUT2D eigenvalue weighted by atomic mass is 10.1. The molecule has 0 radical (unpaired) electrons. The van der Waals surface area contributed by atoms with Gasteiger partial charge in [-0.3, -0.25) is 4.79 Å². The molecule has 2 aromatic carbocycles. The highest BCUT2D eigenvalue weighted by Crippen LogP contribution is 2.30. The fourth-order valence-electron chi connectivity index (χ4n) is 3.09. The van der Waals surface area contributed by atoms with Gasteiger partial charge in [-0.25, -0.2) is 4.98 Å². The van der Waals surface area contributed by atoms with Gasteiger partial charge in [0.2, 0.25) is 11.8 Å². The number of carbonyl (C=O) groups is 1. The molecular weight excluding hydrogens is 464 g/mol. The molecule has 30 heavy (non-hydrogen) atoms. The number of benzene rings is 2. The molecular formula is C22H17BrN4O2S. The average Bonchev–Trinajstić information content (AvgIpc) is 3.45. The Morgan fingerprint density at radius 3 is 2.77 bits per heavy atom. The smallest absolute Gasteiger partial charge is 0.252 e. The molecule has 0 atom stereocenters. The predicted molar refractivity (Wildman–Crippen MR) is 119 cm³/mol. The topological polar surface area (TPSA) is 80.9 Å². The summed E-state index contributed by atoms with van der Waals surface area (Å²) in [7, 11) is 0. The van der Waals surface area contributed by atoms with Gasteiger partial charge in [-0.1, -0.05) is 42.1 Å². The van der Waals surface area contributed by atoms with E-state index in [2.05, 4.69) is 31.4 Å². The third-order valence-corrected chi connectivity index (χ3v) is 6.35. The number of halogens is 1. The Balaban J connectivity index is 1.38. The van der Waals surface area contributed by atoms with E-state index in [1.165, 1.54) is 11.8 Å². The molecule has 0 unspecified atom stereocenters. The summed E-state index contributed by atoms with van der Waals surface area (Å²) in [4.78, 5) is 17.4. The zero-order valence-corrected chi connectivity index (χ0v) is 18.2. The van der Waals surface area contributed by atoms with Crippen molar-refractivity contribution in [3.63, 3.8) is 0 Å². The van der Waals surface area contributed by atoms with Gasteiger partial charge in [0.25, 0.3) is 5.91 Å². The van der Waals surface area contributed by atoms with Crippen LogP contribution in [0.1, 0.15) is 29.1 Å². The Morgan fingerprint density at radius 1 is 1.13 bits per heavy atom. The average molecular weight is 481 g/mol. The molecule has 1 N–H and O–H groups in total. The number of para-hydroxylation sites is 1. The first-order chi connectivity index (χ1) is 14.7. The first kappa shape index (κ1) is 19.3. The van der Waals surface area contributed by atoms with Gasteiger partial charge < -0.3 is 9.73 Å². The second-order valence-corrected chi connectivity index (χ2v) is 8.89. The number of hydrogen-bond acceptors (Lipinski definition) is 6. The monoisotopic (exact) mass is 480 g/mol. The summed E-state index contributed by atoms with van der Waals surface area (Å²) in [5, 5.41) is 13.0. The molecule has 1 amide bonds. The van der Waals surface area contributed by atoms with Crippen molar-refractivity contribution in [3.05, 3.63) is 70.5 Å². The standard InChI is InChI=1S/C22H17BrN4O2S/c23-17-7-3-1-6-15(17)22-27-26-19(29-22)12-30-20-11-16(21(28)24-13-9-10-13)14-5-2-4-8-18(14)25-20/h1-8,11,13H,9-10,12H2,(H,24,28). The van der Waals surface area contributed by atoms with Crippen molar-refractivity contribution in [1.29, 1.82) is 0 Å². The molecule has 0 spiro atoms. The van der Waals surface area contributed by atoms with Gasteiger partial charge in [0.1, 0.15) is 0 Å². The van der Waals surface area contributed by atoms with Crippen LogP contribution in [0.2, 0.25) is 0 Å². The van der Waals surface area contributed by atoms with Crippen molar-refractivity contribution in [1.82, 2.24) is 20.5 Å². The maximum atomic E-state index is 12.7. The van der Waals surface area contributed by atoms with Crippen LogP contribution in [-0.2, 0) is 5.75 Å². The normalized spacial score (nSPS) is 13.5. The summed E-state index contributed by atoms with van der Waals surface area (Å²) in [5.74, 6) is 1.39. The van der Waals surface area contributed by atoms with Gasteiger partial charge in [0, 0.05) is 15.9 Å². The van der Waals surface area contributed by atoms with E-state index in [1.807, 2.05) is 54.6 Å². The van der Waals surface area contributed by atoms with E-state index in [0.717, 1.165) is 38.8 Å². The van der Waals surface area contributed by atoms with Crippen molar-refractivity contribution in [2.75, 3.05) is 0 Å². The maximum Gasteiger partial charge on any atom is 0.252 e. The molecule has 0 aliphatic heterocycles. The molecule has 1 aliphatic carbocycles. The minimum absolute atomic E-state index is 0.0491. The lowest BCUT2D eigenvalue weighted by Crippen LogP contribution is -2.25. The van der Waals surface area contributed by atoms with E-state index in [4.69, 9.17) is 9.40 Å². The van der Waals surface area contributed by atoms with E-state index in [9.17, 15) is 4.79 Å². The van der Waals surface area contributed by atoms with Crippen LogP contribution in [0.4, 0.5) is 0 Å². The maximum absolute atomic E-state index is 12.7. The van der Waals surface area contributed by atoms with E-state index >= 15 is 0 Å². The number of pyridine rings is 1. The largest absolute Gasteiger partial charge is 0.420 e. The van der Waals surface area contributed by atoms with Gasteiger partial charge in [-0.2, -0.15) is 0 Å². The fourth-order valence-corrected chi connectivity index (χ4v) is 4.30. The quantitative estimate of drug-likeness (QED) is 0.380. The number of carbonyl (C=O) groups excluding carboxylic acids is 1. The summed E-state index contributed by atoms with van der Waals surface area (Å²) >= 11 is 4.97. The van der Waals surface area contributed by atoms with Crippen molar-refractivity contribution >= 4 is 44.5 Å². The summed E-state index contributed by atoms with van der Waals surface area (Å²) in [6.07, 6.45) is 2.10. The van der Waals surface area contributed by atoms with Gasteiger partial charge in [-0.05, 0) is 53.0 Å². The number of nitrogens with one attached hydrogen (secondary N) is 1. The highest BCUT2D eigenvalue weighted by Gasteiger charge is 2.25. The molecule has 8 heteroatoms. The number of hydrogen-bond donors (Lipinski definition) is 1. The molecule has 1 aliphatic rings. The molecule has 1 fully saturated rings. The highest BCUT2D eigenvalue weighted by molar-refractivity contribution is 9.10. The zero-order chi connectivity index (χ0) is 20.5. The van der Waals surface area contributed by atoms with Gasteiger partial charge >= 0.3 is 0 Å². The van der Waals surface area contributed by atoms with Crippen molar-refractivity contribution in [2.24, 2.45) is 0 Å². The summed E-state index contributed by atoms with van der Waals surface area (Å²) < 4.78 is 6.72. The Hall–Kier alpha value is -2.71. The van der Waals surface area contributed by atoms with Crippen molar-refractivity contribution in [3.8, 4) is 11.5 Å². The van der Waals surface area contributed by atoms with Gasteiger partial charge in [-0.15, -0.1) is 10.2 Å². The molecule has 2 aromatic heterocycles. The Kier molecular flexibility index (Phi) is 5.26. The molecule has 2 heterocycles. The number of amides is 1. The lowest BCUT2D eigenvalue weighted by molar-refractivity contribution is 0.0952. The SMILES string of the molecule is O=C(NC1CC1)c1cc(SCc2nnc(-c3ccccc3Br)o2)nc2ccccc12. The Bertz CT molecular complexity index is 1240. The second kappa shape index (κ2) is 8.20. The predicted octanol–water partition coefficient (Wildman–Crippen LogP) is 5.23.